The molecule has 0 bridgehead atoms. The van der Waals surface area contributed by atoms with Gasteiger partial charge in [0.15, 0.2) is 0 Å². The molecule has 0 spiro atoms. The van der Waals surface area contributed by atoms with Crippen molar-refractivity contribution in [1.82, 2.24) is 20.2 Å². The lowest BCUT2D eigenvalue weighted by Gasteiger charge is -2.22. The van der Waals surface area contributed by atoms with Gasteiger partial charge < -0.3 is 15.2 Å². The van der Waals surface area contributed by atoms with Gasteiger partial charge in [0.25, 0.3) is 0 Å². The molecule has 0 aliphatic carbocycles. The summed E-state index contributed by atoms with van der Waals surface area (Å²) < 4.78 is 0. The predicted molar refractivity (Wildman–Crippen MR) is 112 cm³/mol. The van der Waals surface area contributed by atoms with E-state index in [4.69, 9.17) is 0 Å². The Balaban J connectivity index is 1.45. The number of imidazole rings is 1. The van der Waals surface area contributed by atoms with Gasteiger partial charge in [0.05, 0.1) is 23.0 Å². The highest BCUT2D eigenvalue weighted by molar-refractivity contribution is 5.89. The van der Waals surface area contributed by atoms with Crippen LogP contribution in [0.1, 0.15) is 37.7 Å². The summed E-state index contributed by atoms with van der Waals surface area (Å²) in [4.78, 5) is 35.1. The maximum absolute atomic E-state index is 13.0. The predicted octanol–water partition coefficient (Wildman–Crippen LogP) is 3.42. The Morgan fingerprint density at radius 2 is 1.90 bits per heavy atom. The van der Waals surface area contributed by atoms with Gasteiger partial charge in [0, 0.05) is 19.5 Å². The number of carbonyl (C=O) groups excluding carboxylic acids is 2. The van der Waals surface area contributed by atoms with Crippen molar-refractivity contribution in [2.24, 2.45) is 11.8 Å². The summed E-state index contributed by atoms with van der Waals surface area (Å²) in [7, 11) is 0. The zero-order valence-corrected chi connectivity index (χ0v) is 16.8. The molecule has 4 rings (SSSR count). The van der Waals surface area contributed by atoms with Crippen molar-refractivity contribution in [3.05, 3.63) is 66.0 Å². The van der Waals surface area contributed by atoms with Gasteiger partial charge >= 0.3 is 0 Å². The van der Waals surface area contributed by atoms with E-state index in [2.05, 4.69) is 29.1 Å². The van der Waals surface area contributed by atoms with E-state index in [1.807, 2.05) is 54.6 Å². The van der Waals surface area contributed by atoms with Crippen molar-refractivity contribution in [3.8, 4) is 0 Å². The third kappa shape index (κ3) is 4.16. The molecule has 3 aromatic rings. The number of nitrogens with zero attached hydrogens (tertiary/aromatic N) is 2. The maximum atomic E-state index is 13.0. The number of fused-ring (bicyclic) bond motifs is 1. The first-order chi connectivity index (χ1) is 14.0. The molecule has 1 aromatic heterocycles. The van der Waals surface area contributed by atoms with E-state index in [9.17, 15) is 9.59 Å². The Bertz CT molecular complexity index is 979. The van der Waals surface area contributed by atoms with Crippen LogP contribution in [0.4, 0.5) is 0 Å². The molecule has 2 atom stereocenters. The second kappa shape index (κ2) is 8.07. The zero-order chi connectivity index (χ0) is 20.4. The first-order valence-corrected chi connectivity index (χ1v) is 10.1. The van der Waals surface area contributed by atoms with E-state index in [1.165, 1.54) is 0 Å². The van der Waals surface area contributed by atoms with Crippen LogP contribution in [0, 0.1) is 11.8 Å². The molecule has 29 heavy (non-hydrogen) atoms. The van der Waals surface area contributed by atoms with Gasteiger partial charge in [-0.1, -0.05) is 56.3 Å². The number of hydrogen-bond acceptors (Lipinski definition) is 3. The summed E-state index contributed by atoms with van der Waals surface area (Å²) in [6.45, 7) is 5.10. The highest BCUT2D eigenvalue weighted by Gasteiger charge is 2.35. The Hall–Kier alpha value is -3.15. The highest BCUT2D eigenvalue weighted by Crippen LogP contribution is 2.25. The van der Waals surface area contributed by atoms with Crippen LogP contribution in [-0.4, -0.2) is 33.2 Å². The van der Waals surface area contributed by atoms with Crippen molar-refractivity contribution in [2.45, 2.75) is 32.9 Å². The molecule has 150 valence electrons. The third-order valence-electron chi connectivity index (χ3n) is 5.47. The Morgan fingerprint density at radius 1 is 1.17 bits per heavy atom. The topological polar surface area (TPSA) is 78.1 Å². The average Bonchev–Trinajstić information content (AvgIpc) is 3.30. The van der Waals surface area contributed by atoms with Crippen LogP contribution in [0.25, 0.3) is 11.0 Å². The van der Waals surface area contributed by atoms with Crippen LogP contribution in [0.3, 0.4) is 0 Å². The molecule has 2 N–H and O–H groups in total. The number of H-pyrrole nitrogens is 1. The van der Waals surface area contributed by atoms with Crippen LogP contribution >= 0.6 is 0 Å². The molecule has 1 fully saturated rings. The van der Waals surface area contributed by atoms with Crippen molar-refractivity contribution in [2.75, 3.05) is 6.54 Å². The lowest BCUT2D eigenvalue weighted by atomic mass is 10.0. The number of likely N-dealkylation sites (tertiary alicyclic amines) is 1. The summed E-state index contributed by atoms with van der Waals surface area (Å²) in [5.41, 5.74) is 2.91. The lowest BCUT2D eigenvalue weighted by molar-refractivity contribution is -0.129. The second-order valence-electron chi connectivity index (χ2n) is 8.03. The number of aromatic nitrogens is 2. The van der Waals surface area contributed by atoms with Crippen LogP contribution in [0.2, 0.25) is 0 Å². The van der Waals surface area contributed by atoms with Crippen molar-refractivity contribution >= 4 is 22.8 Å². The van der Waals surface area contributed by atoms with Gasteiger partial charge in [-0.15, -0.1) is 0 Å². The Kier molecular flexibility index (Phi) is 5.34. The summed E-state index contributed by atoms with van der Waals surface area (Å²) >= 11 is 0. The zero-order valence-electron chi connectivity index (χ0n) is 16.8. The molecule has 2 aromatic carbocycles. The molecule has 0 unspecified atom stereocenters. The molecule has 2 amide bonds. The molecule has 0 saturated carbocycles. The van der Waals surface area contributed by atoms with Crippen LogP contribution < -0.4 is 5.32 Å². The summed E-state index contributed by atoms with van der Waals surface area (Å²) in [5, 5.41) is 3.13. The van der Waals surface area contributed by atoms with Gasteiger partial charge in [0.2, 0.25) is 11.8 Å². The minimum Gasteiger partial charge on any atom is -0.346 e. The summed E-state index contributed by atoms with van der Waals surface area (Å²) in [6.07, 6.45) is 0.254. The van der Waals surface area contributed by atoms with Gasteiger partial charge in [-0.05, 0) is 23.6 Å². The van der Waals surface area contributed by atoms with Gasteiger partial charge in [-0.2, -0.15) is 0 Å². The first-order valence-electron chi connectivity index (χ1n) is 10.1. The normalized spacial score (nSPS) is 17.8. The van der Waals surface area contributed by atoms with E-state index >= 15 is 0 Å². The number of para-hydroxylation sites is 2. The molecule has 0 radical (unpaired) electrons. The minimum absolute atomic E-state index is 0.0267. The molecule has 6 nitrogen and oxygen atoms in total. The van der Waals surface area contributed by atoms with Crippen LogP contribution in [-0.2, 0) is 16.1 Å². The monoisotopic (exact) mass is 390 g/mol. The fraction of sp³-hybridized carbons (Fsp3) is 0.348. The van der Waals surface area contributed by atoms with Crippen molar-refractivity contribution < 1.29 is 9.59 Å². The largest absolute Gasteiger partial charge is 0.346 e. The number of rotatable bonds is 6. The number of aromatic amines is 1. The van der Waals surface area contributed by atoms with Crippen LogP contribution in [0.15, 0.2) is 54.6 Å². The molecule has 1 saturated heterocycles. The molecular weight excluding hydrogens is 364 g/mol. The van der Waals surface area contributed by atoms with E-state index < -0.39 is 0 Å². The summed E-state index contributed by atoms with van der Waals surface area (Å²) in [6, 6.07) is 17.5. The second-order valence-corrected chi connectivity index (χ2v) is 8.03. The average molecular weight is 390 g/mol. The lowest BCUT2D eigenvalue weighted by Crippen LogP contribution is -2.38. The summed E-state index contributed by atoms with van der Waals surface area (Å²) in [5.74, 6) is 0.515. The van der Waals surface area contributed by atoms with Crippen molar-refractivity contribution in [1.29, 1.82) is 0 Å². The number of carbonyl (C=O) groups is 2. The first kappa shape index (κ1) is 19.2. The number of amides is 2. The quantitative estimate of drug-likeness (QED) is 0.677. The van der Waals surface area contributed by atoms with E-state index in [0.717, 1.165) is 22.4 Å². The fourth-order valence-corrected chi connectivity index (χ4v) is 3.85. The van der Waals surface area contributed by atoms with E-state index in [0.29, 0.717) is 13.1 Å². The van der Waals surface area contributed by atoms with Crippen LogP contribution in [0.5, 0.6) is 0 Å². The smallest absolute Gasteiger partial charge is 0.226 e. The van der Waals surface area contributed by atoms with Gasteiger partial charge in [-0.3, -0.25) is 9.59 Å². The van der Waals surface area contributed by atoms with Gasteiger partial charge in [-0.25, -0.2) is 4.98 Å². The SMILES string of the molecule is CC(C)[C@H](NC(=O)[C@@H]1CC(=O)N(Cc2ccccc2)C1)c1nc2ccccc2[nH]1. The third-order valence-corrected chi connectivity index (χ3v) is 5.47. The van der Waals surface area contributed by atoms with E-state index in [-0.39, 0.29) is 36.1 Å². The highest BCUT2D eigenvalue weighted by atomic mass is 16.2. The number of hydrogen-bond donors (Lipinski definition) is 2. The Morgan fingerprint density at radius 3 is 2.62 bits per heavy atom. The number of nitrogens with one attached hydrogen (secondary N) is 2. The molecule has 1 aliphatic rings. The standard InChI is InChI=1S/C23H26N4O2/c1-15(2)21(22-24-18-10-6-7-11-19(18)25-22)26-23(29)17-12-20(28)27(14-17)13-16-8-4-3-5-9-16/h3-11,15,17,21H,12-14H2,1-2H3,(H,24,25)(H,26,29)/t17-,21+/m1/s1. The minimum atomic E-state index is -0.336. The fourth-order valence-electron chi connectivity index (χ4n) is 3.85. The molecular formula is C23H26N4O2. The van der Waals surface area contributed by atoms with Crippen molar-refractivity contribution in [3.63, 3.8) is 0 Å². The molecule has 2 heterocycles. The van der Waals surface area contributed by atoms with Gasteiger partial charge in [0.1, 0.15) is 5.82 Å². The molecule has 6 heteroatoms. The number of benzene rings is 2. The maximum Gasteiger partial charge on any atom is 0.226 e. The Labute approximate surface area is 170 Å². The van der Waals surface area contributed by atoms with E-state index in [1.54, 1.807) is 4.90 Å². The molecule has 1 aliphatic heterocycles.